The van der Waals surface area contributed by atoms with E-state index in [1.54, 1.807) is 18.2 Å². The van der Waals surface area contributed by atoms with Gasteiger partial charge in [-0.2, -0.15) is 0 Å². The Morgan fingerprint density at radius 3 is 2.85 bits per heavy atom. The van der Waals surface area contributed by atoms with E-state index in [0.29, 0.717) is 16.5 Å². The molecule has 1 rings (SSSR count). The first-order valence-corrected chi connectivity index (χ1v) is 4.57. The van der Waals surface area contributed by atoms with Crippen molar-refractivity contribution in [2.75, 3.05) is 0 Å². The van der Waals surface area contributed by atoms with E-state index in [2.05, 4.69) is 22.5 Å². The molecular formula is C10H9BrO2. The first kappa shape index (κ1) is 9.99. The Hall–Kier alpha value is -1.09. The molecule has 0 atom stereocenters. The molecule has 0 amide bonds. The van der Waals surface area contributed by atoms with Crippen LogP contribution in [0.25, 0.3) is 0 Å². The molecule has 0 aromatic heterocycles. The minimum Gasteiger partial charge on any atom is -0.478 e. The highest BCUT2D eigenvalue weighted by Gasteiger charge is 2.09. The molecule has 1 N–H and O–H groups in total. The summed E-state index contributed by atoms with van der Waals surface area (Å²) >= 11 is 3.25. The molecule has 0 unspecified atom stereocenters. The zero-order valence-electron chi connectivity index (χ0n) is 6.96. The van der Waals surface area contributed by atoms with Gasteiger partial charge in [0.05, 0.1) is 5.56 Å². The van der Waals surface area contributed by atoms with Crippen molar-refractivity contribution >= 4 is 21.9 Å². The molecule has 0 saturated heterocycles. The van der Waals surface area contributed by atoms with E-state index in [1.807, 2.05) is 6.07 Å². The summed E-state index contributed by atoms with van der Waals surface area (Å²) in [5, 5.41) is 8.80. The lowest BCUT2D eigenvalue weighted by atomic mass is 10.1. The second-order valence-electron chi connectivity index (χ2n) is 2.58. The van der Waals surface area contributed by atoms with Crippen molar-refractivity contribution in [1.29, 1.82) is 0 Å². The van der Waals surface area contributed by atoms with E-state index in [1.165, 1.54) is 0 Å². The second-order valence-corrected chi connectivity index (χ2v) is 3.37. The zero-order valence-corrected chi connectivity index (χ0v) is 8.54. The van der Waals surface area contributed by atoms with Crippen LogP contribution >= 0.6 is 15.9 Å². The number of hydrogen-bond donors (Lipinski definition) is 1. The summed E-state index contributed by atoms with van der Waals surface area (Å²) in [6.07, 6.45) is 2.41. The van der Waals surface area contributed by atoms with Gasteiger partial charge in [0.1, 0.15) is 0 Å². The van der Waals surface area contributed by atoms with Gasteiger partial charge in [0.15, 0.2) is 0 Å². The normalized spacial score (nSPS) is 9.62. The van der Waals surface area contributed by atoms with Crippen LogP contribution in [0.1, 0.15) is 15.9 Å². The van der Waals surface area contributed by atoms with E-state index in [0.717, 1.165) is 5.56 Å². The molecule has 1 aromatic rings. The summed E-state index contributed by atoms with van der Waals surface area (Å²) in [7, 11) is 0. The Morgan fingerprint density at radius 1 is 1.62 bits per heavy atom. The van der Waals surface area contributed by atoms with Crippen molar-refractivity contribution < 1.29 is 9.90 Å². The molecule has 0 fully saturated rings. The molecule has 68 valence electrons. The number of halogens is 1. The highest BCUT2D eigenvalue weighted by molar-refractivity contribution is 9.10. The first-order valence-electron chi connectivity index (χ1n) is 3.78. The molecule has 0 bridgehead atoms. The molecule has 0 aliphatic rings. The predicted octanol–water partition coefficient (Wildman–Crippen LogP) is 2.88. The van der Waals surface area contributed by atoms with Gasteiger partial charge in [-0.05, 0) is 34.0 Å². The molecule has 2 nitrogen and oxygen atoms in total. The van der Waals surface area contributed by atoms with Gasteiger partial charge in [0.25, 0.3) is 0 Å². The fourth-order valence-electron chi connectivity index (χ4n) is 1.06. The Bertz CT molecular complexity index is 345. The molecule has 0 aliphatic heterocycles. The van der Waals surface area contributed by atoms with Crippen LogP contribution in [-0.2, 0) is 6.42 Å². The lowest BCUT2D eigenvalue weighted by molar-refractivity contribution is 0.0696. The number of carboxylic acid groups (broad SMARTS) is 1. The Kier molecular flexibility index (Phi) is 3.25. The molecule has 0 heterocycles. The van der Waals surface area contributed by atoms with Crippen molar-refractivity contribution in [1.82, 2.24) is 0 Å². The minimum absolute atomic E-state index is 0.291. The van der Waals surface area contributed by atoms with E-state index >= 15 is 0 Å². The average Bonchev–Trinajstić information content (AvgIpc) is 2.08. The molecule has 3 heteroatoms. The van der Waals surface area contributed by atoms with Crippen LogP contribution in [0.5, 0.6) is 0 Å². The maximum absolute atomic E-state index is 10.7. The fraction of sp³-hybridized carbons (Fsp3) is 0.100. The van der Waals surface area contributed by atoms with Crippen LogP contribution < -0.4 is 0 Å². The highest BCUT2D eigenvalue weighted by Crippen LogP contribution is 2.22. The maximum atomic E-state index is 10.7. The lowest BCUT2D eigenvalue weighted by Gasteiger charge is -2.03. The van der Waals surface area contributed by atoms with Crippen molar-refractivity contribution in [3.05, 3.63) is 46.5 Å². The number of benzene rings is 1. The highest BCUT2D eigenvalue weighted by atomic mass is 79.9. The fourth-order valence-corrected chi connectivity index (χ4v) is 1.65. The monoisotopic (exact) mass is 240 g/mol. The summed E-state index contributed by atoms with van der Waals surface area (Å²) in [5.41, 5.74) is 1.23. The van der Waals surface area contributed by atoms with Crippen LogP contribution in [0.2, 0.25) is 0 Å². The van der Waals surface area contributed by atoms with Crippen LogP contribution in [0, 0.1) is 0 Å². The number of rotatable bonds is 3. The molecule has 0 radical (unpaired) electrons. The largest absolute Gasteiger partial charge is 0.478 e. The van der Waals surface area contributed by atoms with Crippen molar-refractivity contribution in [3.63, 3.8) is 0 Å². The lowest BCUT2D eigenvalue weighted by Crippen LogP contribution is -1.99. The number of aromatic carboxylic acids is 1. The summed E-state index contributed by atoms with van der Waals surface area (Å²) in [6, 6.07) is 5.17. The van der Waals surface area contributed by atoms with Gasteiger partial charge < -0.3 is 5.11 Å². The van der Waals surface area contributed by atoms with Crippen LogP contribution in [-0.4, -0.2) is 11.1 Å². The Labute approximate surface area is 85.0 Å². The van der Waals surface area contributed by atoms with Crippen molar-refractivity contribution in [2.24, 2.45) is 0 Å². The number of allylic oxidation sites excluding steroid dienone is 1. The summed E-state index contributed by atoms with van der Waals surface area (Å²) < 4.78 is 0.641. The number of carboxylic acids is 1. The average molecular weight is 241 g/mol. The third-order valence-corrected chi connectivity index (χ3v) is 2.61. The van der Waals surface area contributed by atoms with Crippen molar-refractivity contribution in [3.8, 4) is 0 Å². The number of carbonyl (C=O) groups is 1. The van der Waals surface area contributed by atoms with Gasteiger partial charge in [0.2, 0.25) is 0 Å². The Morgan fingerprint density at radius 2 is 2.31 bits per heavy atom. The SMILES string of the molecule is C=CCc1cccc(C(=O)O)c1Br. The topological polar surface area (TPSA) is 37.3 Å². The van der Waals surface area contributed by atoms with Gasteiger partial charge in [-0.3, -0.25) is 0 Å². The molecule has 13 heavy (non-hydrogen) atoms. The van der Waals surface area contributed by atoms with Crippen molar-refractivity contribution in [2.45, 2.75) is 6.42 Å². The summed E-state index contributed by atoms with van der Waals surface area (Å²) in [4.78, 5) is 10.7. The molecule has 0 saturated carbocycles. The minimum atomic E-state index is -0.919. The number of hydrogen-bond acceptors (Lipinski definition) is 1. The standard InChI is InChI=1S/C10H9BrO2/c1-2-4-7-5-3-6-8(9(7)11)10(12)13/h2-3,5-6H,1,4H2,(H,12,13). The third kappa shape index (κ3) is 2.18. The van der Waals surface area contributed by atoms with E-state index < -0.39 is 5.97 Å². The molecule has 1 aromatic carbocycles. The second kappa shape index (κ2) is 4.23. The third-order valence-electron chi connectivity index (χ3n) is 1.67. The molecular weight excluding hydrogens is 232 g/mol. The van der Waals surface area contributed by atoms with Gasteiger partial charge in [-0.1, -0.05) is 18.2 Å². The van der Waals surface area contributed by atoms with E-state index in [9.17, 15) is 4.79 Å². The van der Waals surface area contributed by atoms with Gasteiger partial charge in [-0.25, -0.2) is 4.79 Å². The maximum Gasteiger partial charge on any atom is 0.336 e. The van der Waals surface area contributed by atoms with Gasteiger partial charge in [0, 0.05) is 4.47 Å². The predicted molar refractivity (Wildman–Crippen MR) is 55.0 cm³/mol. The quantitative estimate of drug-likeness (QED) is 0.826. The molecule has 0 spiro atoms. The van der Waals surface area contributed by atoms with Crippen LogP contribution in [0.15, 0.2) is 35.3 Å². The van der Waals surface area contributed by atoms with Crippen LogP contribution in [0.4, 0.5) is 0 Å². The zero-order chi connectivity index (χ0) is 9.84. The molecule has 0 aliphatic carbocycles. The van der Waals surface area contributed by atoms with E-state index in [4.69, 9.17) is 5.11 Å². The first-order chi connectivity index (χ1) is 6.16. The van der Waals surface area contributed by atoms with Crippen LogP contribution in [0.3, 0.4) is 0 Å². The smallest absolute Gasteiger partial charge is 0.336 e. The van der Waals surface area contributed by atoms with Gasteiger partial charge >= 0.3 is 5.97 Å². The summed E-state index contributed by atoms with van der Waals surface area (Å²) in [5.74, 6) is -0.919. The van der Waals surface area contributed by atoms with E-state index in [-0.39, 0.29) is 0 Å². The van der Waals surface area contributed by atoms with Gasteiger partial charge in [-0.15, -0.1) is 6.58 Å². The summed E-state index contributed by atoms with van der Waals surface area (Å²) in [6.45, 7) is 3.60. The Balaban J connectivity index is 3.17.